The minimum absolute atomic E-state index is 0.153. The van der Waals surface area contributed by atoms with Gasteiger partial charge in [-0.25, -0.2) is 4.39 Å². The molecule has 6 heteroatoms. The summed E-state index contributed by atoms with van der Waals surface area (Å²) >= 11 is 9.35. The second kappa shape index (κ2) is 5.66. The molecule has 1 aliphatic rings. The fraction of sp³-hybridized carbons (Fsp3) is 0.133. The van der Waals surface area contributed by atoms with Gasteiger partial charge in [0.25, 0.3) is 0 Å². The van der Waals surface area contributed by atoms with Gasteiger partial charge < -0.3 is 10.6 Å². The third kappa shape index (κ3) is 2.89. The summed E-state index contributed by atoms with van der Waals surface area (Å²) in [5, 5.41) is 0.367. The van der Waals surface area contributed by atoms with Crippen LogP contribution >= 0.6 is 27.5 Å². The van der Waals surface area contributed by atoms with E-state index in [1.165, 1.54) is 12.1 Å². The van der Waals surface area contributed by atoms with Crippen molar-refractivity contribution in [2.24, 2.45) is 10.7 Å². The van der Waals surface area contributed by atoms with Gasteiger partial charge in [-0.05, 0) is 48.0 Å². The topological polar surface area (TPSA) is 41.6 Å². The quantitative estimate of drug-likeness (QED) is 0.866. The molecule has 0 spiro atoms. The molecule has 1 heterocycles. The Morgan fingerprint density at radius 2 is 1.95 bits per heavy atom. The number of nitrogens with zero attached hydrogens (tertiary/aromatic N) is 2. The normalized spacial score (nSPS) is 18.0. The second-order valence-corrected chi connectivity index (χ2v) is 6.12. The zero-order valence-corrected chi connectivity index (χ0v) is 13.3. The summed E-state index contributed by atoms with van der Waals surface area (Å²) in [6.07, 6.45) is 0. The Kier molecular flexibility index (Phi) is 3.87. The third-order valence-corrected chi connectivity index (χ3v) is 4.11. The van der Waals surface area contributed by atoms with Gasteiger partial charge in [-0.2, -0.15) is 0 Å². The molecule has 0 bridgehead atoms. The number of guanidine groups is 1. The van der Waals surface area contributed by atoms with Crippen LogP contribution in [0.1, 0.15) is 11.6 Å². The van der Waals surface area contributed by atoms with E-state index >= 15 is 0 Å². The lowest BCUT2D eigenvalue weighted by molar-refractivity contribution is 0.621. The molecule has 2 aromatic carbocycles. The minimum atomic E-state index is -0.362. The van der Waals surface area contributed by atoms with E-state index in [-0.39, 0.29) is 11.9 Å². The first-order valence-electron chi connectivity index (χ1n) is 6.35. The van der Waals surface area contributed by atoms with E-state index in [1.807, 2.05) is 29.2 Å². The minimum Gasteiger partial charge on any atom is -0.369 e. The molecule has 1 aliphatic heterocycles. The van der Waals surface area contributed by atoms with E-state index in [9.17, 15) is 4.39 Å². The standard InChI is InChI=1S/C15H12BrClFN3/c16-10-1-3-13(4-2-10)21-14(8-20-15(21)19)9-5-11(17)7-12(18)6-9/h1-7,14H,8H2,(H2,19,20). The highest BCUT2D eigenvalue weighted by molar-refractivity contribution is 9.10. The van der Waals surface area contributed by atoms with Crippen LogP contribution in [0.2, 0.25) is 5.02 Å². The Morgan fingerprint density at radius 3 is 2.62 bits per heavy atom. The van der Waals surface area contributed by atoms with Crippen LogP contribution in [-0.4, -0.2) is 12.5 Å². The zero-order valence-electron chi connectivity index (χ0n) is 10.9. The maximum atomic E-state index is 13.6. The fourth-order valence-electron chi connectivity index (χ4n) is 2.43. The molecular formula is C15H12BrClFN3. The Labute approximate surface area is 135 Å². The average molecular weight is 369 g/mol. The molecule has 2 N–H and O–H groups in total. The van der Waals surface area contributed by atoms with Crippen molar-refractivity contribution in [2.45, 2.75) is 6.04 Å². The maximum absolute atomic E-state index is 13.6. The predicted octanol–water partition coefficient (Wildman–Crippen LogP) is 4.12. The van der Waals surface area contributed by atoms with Crippen molar-refractivity contribution in [2.75, 3.05) is 11.4 Å². The number of halogens is 3. The average Bonchev–Trinajstić information content (AvgIpc) is 2.80. The molecule has 21 heavy (non-hydrogen) atoms. The third-order valence-electron chi connectivity index (χ3n) is 3.36. The van der Waals surface area contributed by atoms with E-state index in [0.29, 0.717) is 17.5 Å². The van der Waals surface area contributed by atoms with Crippen molar-refractivity contribution < 1.29 is 4.39 Å². The van der Waals surface area contributed by atoms with Crippen LogP contribution in [0.15, 0.2) is 51.9 Å². The smallest absolute Gasteiger partial charge is 0.196 e. The molecule has 1 atom stereocenters. The van der Waals surface area contributed by atoms with Crippen molar-refractivity contribution in [3.8, 4) is 0 Å². The largest absolute Gasteiger partial charge is 0.369 e. The fourth-order valence-corrected chi connectivity index (χ4v) is 2.93. The molecule has 0 saturated carbocycles. The van der Waals surface area contributed by atoms with Crippen LogP contribution in [-0.2, 0) is 0 Å². The first-order chi connectivity index (χ1) is 10.0. The summed E-state index contributed by atoms with van der Waals surface area (Å²) in [5.41, 5.74) is 7.65. The Hall–Kier alpha value is -1.59. The van der Waals surface area contributed by atoms with Crippen LogP contribution in [0, 0.1) is 5.82 Å². The lowest BCUT2D eigenvalue weighted by Gasteiger charge is -2.27. The van der Waals surface area contributed by atoms with Crippen LogP contribution in [0.5, 0.6) is 0 Å². The van der Waals surface area contributed by atoms with Crippen molar-refractivity contribution in [1.29, 1.82) is 0 Å². The van der Waals surface area contributed by atoms with E-state index in [4.69, 9.17) is 17.3 Å². The van der Waals surface area contributed by atoms with E-state index in [2.05, 4.69) is 20.9 Å². The highest BCUT2D eigenvalue weighted by Crippen LogP contribution is 2.33. The van der Waals surface area contributed by atoms with Gasteiger partial charge in [0.1, 0.15) is 5.82 Å². The number of anilines is 1. The van der Waals surface area contributed by atoms with Crippen LogP contribution in [0.25, 0.3) is 0 Å². The van der Waals surface area contributed by atoms with Gasteiger partial charge in [0.2, 0.25) is 0 Å². The second-order valence-electron chi connectivity index (χ2n) is 4.76. The molecule has 3 rings (SSSR count). The Morgan fingerprint density at radius 1 is 1.24 bits per heavy atom. The van der Waals surface area contributed by atoms with Gasteiger partial charge in [0, 0.05) is 15.2 Å². The van der Waals surface area contributed by atoms with Crippen LogP contribution in [0.3, 0.4) is 0 Å². The van der Waals surface area contributed by atoms with E-state index in [0.717, 1.165) is 15.7 Å². The molecular weight excluding hydrogens is 357 g/mol. The number of rotatable bonds is 2. The van der Waals surface area contributed by atoms with Crippen molar-refractivity contribution >= 4 is 39.2 Å². The first kappa shape index (κ1) is 14.4. The summed E-state index contributed by atoms with van der Waals surface area (Å²) in [4.78, 5) is 6.16. The molecule has 0 aromatic heterocycles. The van der Waals surface area contributed by atoms with Crippen LogP contribution in [0.4, 0.5) is 10.1 Å². The van der Waals surface area contributed by atoms with Gasteiger partial charge in [-0.1, -0.05) is 27.5 Å². The summed E-state index contributed by atoms with van der Waals surface area (Å²) in [6, 6.07) is 12.1. The number of hydrogen-bond acceptors (Lipinski definition) is 3. The van der Waals surface area contributed by atoms with Gasteiger partial charge in [-0.3, -0.25) is 4.99 Å². The molecule has 0 fully saturated rings. The molecule has 0 amide bonds. The Balaban J connectivity index is 2.00. The van der Waals surface area contributed by atoms with Crippen LogP contribution < -0.4 is 10.6 Å². The summed E-state index contributed by atoms with van der Waals surface area (Å²) in [5.74, 6) is 0.0569. The number of aliphatic imine (C=N–C) groups is 1. The summed E-state index contributed by atoms with van der Waals surface area (Å²) in [7, 11) is 0. The zero-order chi connectivity index (χ0) is 15.0. The van der Waals surface area contributed by atoms with Crippen molar-refractivity contribution in [1.82, 2.24) is 0 Å². The molecule has 1 unspecified atom stereocenters. The number of nitrogens with two attached hydrogens (primary N) is 1. The van der Waals surface area contributed by atoms with E-state index < -0.39 is 0 Å². The maximum Gasteiger partial charge on any atom is 0.196 e. The number of hydrogen-bond donors (Lipinski definition) is 1. The van der Waals surface area contributed by atoms with Gasteiger partial charge >= 0.3 is 0 Å². The highest BCUT2D eigenvalue weighted by Gasteiger charge is 2.29. The van der Waals surface area contributed by atoms with Gasteiger partial charge in [0.05, 0.1) is 12.6 Å². The summed E-state index contributed by atoms with van der Waals surface area (Å²) in [6.45, 7) is 0.474. The van der Waals surface area contributed by atoms with Crippen molar-refractivity contribution in [3.05, 3.63) is 63.3 Å². The summed E-state index contributed by atoms with van der Waals surface area (Å²) < 4.78 is 14.6. The first-order valence-corrected chi connectivity index (χ1v) is 7.52. The lowest BCUT2D eigenvalue weighted by Crippen LogP contribution is -2.36. The number of benzene rings is 2. The van der Waals surface area contributed by atoms with Gasteiger partial charge in [-0.15, -0.1) is 0 Å². The molecule has 0 radical (unpaired) electrons. The molecule has 0 saturated heterocycles. The van der Waals surface area contributed by atoms with E-state index in [1.54, 1.807) is 6.07 Å². The van der Waals surface area contributed by atoms with Crippen molar-refractivity contribution in [3.63, 3.8) is 0 Å². The predicted molar refractivity (Wildman–Crippen MR) is 87.3 cm³/mol. The molecule has 108 valence electrons. The molecule has 2 aromatic rings. The highest BCUT2D eigenvalue weighted by atomic mass is 79.9. The van der Waals surface area contributed by atoms with Gasteiger partial charge in [0.15, 0.2) is 5.96 Å². The SMILES string of the molecule is NC1=NCC(c2cc(F)cc(Cl)c2)N1c1ccc(Br)cc1. The lowest BCUT2D eigenvalue weighted by atomic mass is 10.1. The Bertz CT molecular complexity index is 682. The monoisotopic (exact) mass is 367 g/mol. The molecule has 3 nitrogen and oxygen atoms in total. The molecule has 0 aliphatic carbocycles.